The van der Waals surface area contributed by atoms with E-state index in [1.54, 1.807) is 25.7 Å². The first-order valence-electron chi connectivity index (χ1n) is 12.7. The summed E-state index contributed by atoms with van der Waals surface area (Å²) < 4.78 is 51.8. The highest BCUT2D eigenvalue weighted by molar-refractivity contribution is 5.80. The Labute approximate surface area is 223 Å². The zero-order chi connectivity index (χ0) is 28.5. The number of rotatable bonds is 6. The third-order valence-corrected chi connectivity index (χ3v) is 6.46. The van der Waals surface area contributed by atoms with E-state index in [9.17, 15) is 27.6 Å². The molecular weight excluding hydrogens is 519 g/mol. The number of carbonyl (C=O) groups is 3. The number of ether oxygens (including phenoxy) is 1. The van der Waals surface area contributed by atoms with Crippen molar-refractivity contribution >= 4 is 17.9 Å². The lowest BCUT2D eigenvalue weighted by Crippen LogP contribution is -2.49. The van der Waals surface area contributed by atoms with Crippen molar-refractivity contribution in [2.75, 3.05) is 19.6 Å². The number of fused-ring (bicyclic) bond motifs is 1. The van der Waals surface area contributed by atoms with Gasteiger partial charge in [0, 0.05) is 38.0 Å². The van der Waals surface area contributed by atoms with Crippen molar-refractivity contribution in [2.24, 2.45) is 5.92 Å². The zero-order valence-electron chi connectivity index (χ0n) is 22.3. The summed E-state index contributed by atoms with van der Waals surface area (Å²) in [4.78, 5) is 49.3. The van der Waals surface area contributed by atoms with Crippen LogP contribution in [0, 0.1) is 5.92 Å². The minimum absolute atomic E-state index is 0.0299. The first-order valence-corrected chi connectivity index (χ1v) is 12.7. The normalized spacial score (nSPS) is 18.6. The molecule has 10 nitrogen and oxygen atoms in total. The van der Waals surface area contributed by atoms with E-state index >= 15 is 0 Å². The molecule has 212 valence electrons. The molecule has 0 saturated carbocycles. The number of alkyl halides is 3. The molecule has 1 fully saturated rings. The number of hydrogen-bond acceptors (Lipinski definition) is 7. The van der Waals surface area contributed by atoms with Gasteiger partial charge in [-0.1, -0.05) is 6.92 Å². The second kappa shape index (κ2) is 10.9. The average Bonchev–Trinajstić information content (AvgIpc) is 3.45. The molecule has 4 rings (SSSR count). The van der Waals surface area contributed by atoms with E-state index in [2.05, 4.69) is 15.3 Å². The Bertz CT molecular complexity index is 1230. The highest BCUT2D eigenvalue weighted by atomic mass is 19.4. The number of alkyl carbamates (subject to hydrolysis) is 1. The molecule has 13 heteroatoms. The number of hydrogen-bond donors (Lipinski definition) is 1. The largest absolute Gasteiger partial charge is 0.472 e. The second-order valence-electron chi connectivity index (χ2n) is 11.1. The maximum atomic E-state index is 13.8. The lowest BCUT2D eigenvalue weighted by Gasteiger charge is -2.32. The number of nitrogens with zero attached hydrogens (tertiary/aromatic N) is 4. The Hall–Kier alpha value is -3.64. The monoisotopic (exact) mass is 551 g/mol. The van der Waals surface area contributed by atoms with Gasteiger partial charge in [0.1, 0.15) is 11.9 Å². The summed E-state index contributed by atoms with van der Waals surface area (Å²) in [5.41, 5.74) is -1.44. The molecule has 39 heavy (non-hydrogen) atoms. The molecule has 1 saturated heterocycles. The number of halogens is 3. The maximum Gasteiger partial charge on any atom is 0.433 e. The Balaban J connectivity index is 1.53. The van der Waals surface area contributed by atoms with Crippen molar-refractivity contribution in [3.8, 4) is 11.4 Å². The molecule has 4 heterocycles. The fraction of sp³-hybridized carbons (Fsp3) is 0.577. The minimum Gasteiger partial charge on any atom is -0.472 e. The van der Waals surface area contributed by atoms with Crippen LogP contribution in [0.5, 0.6) is 0 Å². The van der Waals surface area contributed by atoms with Crippen LogP contribution < -0.4 is 5.32 Å². The Morgan fingerprint density at radius 3 is 2.59 bits per heavy atom. The third kappa shape index (κ3) is 7.07. The lowest BCUT2D eigenvalue weighted by molar-refractivity contribution is -0.142. The summed E-state index contributed by atoms with van der Waals surface area (Å²) in [5.74, 6) is -0.449. The molecule has 2 aromatic rings. The molecule has 0 bridgehead atoms. The van der Waals surface area contributed by atoms with Crippen LogP contribution in [0.25, 0.3) is 11.4 Å². The molecule has 2 aliphatic heterocycles. The van der Waals surface area contributed by atoms with Crippen LogP contribution in [0.2, 0.25) is 0 Å². The fourth-order valence-electron chi connectivity index (χ4n) is 4.79. The van der Waals surface area contributed by atoms with E-state index in [-0.39, 0.29) is 66.9 Å². The molecule has 1 unspecified atom stereocenters. The SMILES string of the molecule is CC1CC(=O)N(C[C@H](CC(=O)N2CCc3c(nc(-c4ccoc4)nc3C(F)(F)F)C2)NC(=O)OC(C)(C)C)C1. The Morgan fingerprint density at radius 1 is 1.26 bits per heavy atom. The predicted molar refractivity (Wildman–Crippen MR) is 132 cm³/mol. The quantitative estimate of drug-likeness (QED) is 0.580. The number of carbonyl (C=O) groups excluding carboxylic acids is 3. The smallest absolute Gasteiger partial charge is 0.433 e. The summed E-state index contributed by atoms with van der Waals surface area (Å²) in [6.45, 7) is 7.56. The van der Waals surface area contributed by atoms with Gasteiger partial charge in [-0.25, -0.2) is 14.8 Å². The summed E-state index contributed by atoms with van der Waals surface area (Å²) in [5, 5.41) is 2.69. The van der Waals surface area contributed by atoms with E-state index in [1.165, 1.54) is 23.5 Å². The predicted octanol–water partition coefficient (Wildman–Crippen LogP) is 3.79. The average molecular weight is 552 g/mol. The van der Waals surface area contributed by atoms with Crippen LogP contribution >= 0.6 is 0 Å². The second-order valence-corrected chi connectivity index (χ2v) is 11.1. The van der Waals surface area contributed by atoms with Gasteiger partial charge in [0.2, 0.25) is 11.8 Å². The zero-order valence-corrected chi connectivity index (χ0v) is 22.3. The summed E-state index contributed by atoms with van der Waals surface area (Å²) in [6, 6.07) is 0.710. The standard InChI is InChI=1S/C26H32F3N5O5/c1-15-9-20(35)34(11-15)12-17(30-24(37)39-25(2,3)4)10-21(36)33-7-5-18-19(13-33)31-23(16-6-8-38-14-16)32-22(18)26(27,28)29/h6,8,14-15,17H,5,7,9-13H2,1-4H3,(H,30,37)/t15?,17-/m0/s1. The van der Waals surface area contributed by atoms with Crippen molar-refractivity contribution in [2.45, 2.75) is 71.3 Å². The van der Waals surface area contributed by atoms with Crippen LogP contribution in [0.3, 0.4) is 0 Å². The summed E-state index contributed by atoms with van der Waals surface area (Å²) in [7, 11) is 0. The van der Waals surface area contributed by atoms with Crippen LogP contribution in [0.4, 0.5) is 18.0 Å². The fourth-order valence-corrected chi connectivity index (χ4v) is 4.79. The van der Waals surface area contributed by atoms with Crippen LogP contribution in [0.1, 0.15) is 57.5 Å². The van der Waals surface area contributed by atoms with E-state index in [4.69, 9.17) is 9.15 Å². The first kappa shape index (κ1) is 28.4. The molecule has 0 aliphatic carbocycles. The molecule has 2 atom stereocenters. The molecule has 2 aromatic heterocycles. The van der Waals surface area contributed by atoms with Gasteiger partial charge in [0.15, 0.2) is 11.5 Å². The molecular formula is C26H32F3N5O5. The Kier molecular flexibility index (Phi) is 7.89. The molecule has 0 radical (unpaired) electrons. The molecule has 0 spiro atoms. The number of furan rings is 1. The van der Waals surface area contributed by atoms with Crippen LogP contribution in [-0.4, -0.2) is 69.0 Å². The highest BCUT2D eigenvalue weighted by Gasteiger charge is 2.40. The van der Waals surface area contributed by atoms with Crippen molar-refractivity contribution < 1.29 is 36.7 Å². The first-order chi connectivity index (χ1) is 18.2. The molecule has 0 aromatic carbocycles. The van der Waals surface area contributed by atoms with E-state index in [0.717, 1.165) is 0 Å². The van der Waals surface area contributed by atoms with Crippen molar-refractivity contribution in [1.29, 1.82) is 0 Å². The molecule has 3 amide bonds. The lowest BCUT2D eigenvalue weighted by atomic mass is 10.0. The van der Waals surface area contributed by atoms with E-state index < -0.39 is 35.5 Å². The van der Waals surface area contributed by atoms with Crippen LogP contribution in [0.15, 0.2) is 23.0 Å². The van der Waals surface area contributed by atoms with Gasteiger partial charge < -0.3 is 24.3 Å². The van der Waals surface area contributed by atoms with Gasteiger partial charge in [-0.05, 0) is 39.2 Å². The number of nitrogens with one attached hydrogen (secondary N) is 1. The van der Waals surface area contributed by atoms with Crippen molar-refractivity contribution in [3.05, 3.63) is 35.5 Å². The van der Waals surface area contributed by atoms with Gasteiger partial charge in [-0.3, -0.25) is 9.59 Å². The van der Waals surface area contributed by atoms with E-state index in [1.807, 2.05) is 6.92 Å². The summed E-state index contributed by atoms with van der Waals surface area (Å²) >= 11 is 0. The van der Waals surface area contributed by atoms with Gasteiger partial charge in [0.05, 0.1) is 30.1 Å². The van der Waals surface area contributed by atoms with Crippen molar-refractivity contribution in [1.82, 2.24) is 25.1 Å². The number of amides is 3. The van der Waals surface area contributed by atoms with E-state index in [0.29, 0.717) is 13.0 Å². The minimum atomic E-state index is -4.69. The highest BCUT2D eigenvalue weighted by Crippen LogP contribution is 2.35. The van der Waals surface area contributed by atoms with Gasteiger partial charge in [0.25, 0.3) is 0 Å². The molecule has 1 N–H and O–H groups in total. The Morgan fingerprint density at radius 2 is 2.00 bits per heavy atom. The topological polar surface area (TPSA) is 118 Å². The third-order valence-electron chi connectivity index (χ3n) is 6.46. The number of likely N-dealkylation sites (tertiary alicyclic amines) is 1. The van der Waals surface area contributed by atoms with Crippen LogP contribution in [-0.2, 0) is 33.5 Å². The van der Waals surface area contributed by atoms with Gasteiger partial charge >= 0.3 is 12.3 Å². The summed E-state index contributed by atoms with van der Waals surface area (Å²) in [6.07, 6.45) is -2.72. The molecule has 2 aliphatic rings. The van der Waals surface area contributed by atoms with Gasteiger partial charge in [-0.2, -0.15) is 13.2 Å². The maximum absolute atomic E-state index is 13.8. The van der Waals surface area contributed by atoms with Gasteiger partial charge in [-0.15, -0.1) is 0 Å². The number of aromatic nitrogens is 2. The van der Waals surface area contributed by atoms with Crippen molar-refractivity contribution in [3.63, 3.8) is 0 Å².